The van der Waals surface area contributed by atoms with Crippen molar-refractivity contribution in [3.63, 3.8) is 0 Å². The van der Waals surface area contributed by atoms with Crippen LogP contribution in [0.2, 0.25) is 0 Å². The van der Waals surface area contributed by atoms with Crippen LogP contribution in [0.1, 0.15) is 29.8 Å². The van der Waals surface area contributed by atoms with Crippen LogP contribution in [0.3, 0.4) is 0 Å². The van der Waals surface area contributed by atoms with Gasteiger partial charge in [-0.2, -0.15) is 13.2 Å². The zero-order chi connectivity index (χ0) is 34.6. The van der Waals surface area contributed by atoms with Gasteiger partial charge >= 0.3 is 18.2 Å². The first-order valence-electron chi connectivity index (χ1n) is 15.3. The normalized spacial score (nSPS) is 17.0. The highest BCUT2D eigenvalue weighted by Crippen LogP contribution is 2.32. The van der Waals surface area contributed by atoms with E-state index in [1.165, 1.54) is 35.0 Å². The smallest absolute Gasteiger partial charge is 0.416 e. The first-order valence-corrected chi connectivity index (χ1v) is 15.3. The summed E-state index contributed by atoms with van der Waals surface area (Å²) < 4.78 is 45.1. The van der Waals surface area contributed by atoms with Gasteiger partial charge in [-0.15, -0.1) is 0 Å². The Hall–Kier alpha value is -5.30. The van der Waals surface area contributed by atoms with Crippen molar-refractivity contribution in [2.24, 2.45) is 5.92 Å². The fourth-order valence-corrected chi connectivity index (χ4v) is 5.45. The molecule has 0 aromatic heterocycles. The molecule has 0 radical (unpaired) electrons. The summed E-state index contributed by atoms with van der Waals surface area (Å²) in [5, 5.41) is 20.0. The quantitative estimate of drug-likeness (QED) is 0.172. The van der Waals surface area contributed by atoms with Gasteiger partial charge in [0.2, 0.25) is 0 Å². The van der Waals surface area contributed by atoms with Crippen molar-refractivity contribution in [1.82, 2.24) is 9.80 Å². The van der Waals surface area contributed by atoms with Gasteiger partial charge in [0, 0.05) is 36.3 Å². The molecule has 0 fully saturated rings. The highest BCUT2D eigenvalue weighted by atomic mass is 19.4. The Bertz CT molecular complexity index is 1790. The lowest BCUT2D eigenvalue weighted by Crippen LogP contribution is -2.50. The van der Waals surface area contributed by atoms with Crippen LogP contribution in [0.4, 0.5) is 39.8 Å². The molecule has 0 unspecified atom stereocenters. The van der Waals surface area contributed by atoms with Gasteiger partial charge in [0.25, 0.3) is 5.91 Å². The number of hydrogen-bond acceptors (Lipinski definition) is 5. The molecule has 3 atom stereocenters. The minimum Gasteiger partial charge on any atom is -0.487 e. The van der Waals surface area contributed by atoms with Gasteiger partial charge in [-0.05, 0) is 60.8 Å². The first kappa shape index (κ1) is 34.0. The Labute approximate surface area is 275 Å². The molecule has 4 aromatic carbocycles. The van der Waals surface area contributed by atoms with E-state index >= 15 is 0 Å². The minimum absolute atomic E-state index is 0.0655. The second kappa shape index (κ2) is 14.2. The lowest BCUT2D eigenvalue weighted by molar-refractivity contribution is -0.137. The average molecular weight is 664 g/mol. The third-order valence-electron chi connectivity index (χ3n) is 8.22. The summed E-state index contributed by atoms with van der Waals surface area (Å²) in [6.45, 7) is 3.54. The predicted molar refractivity (Wildman–Crippen MR) is 177 cm³/mol. The van der Waals surface area contributed by atoms with Gasteiger partial charge < -0.3 is 35.6 Å². The Morgan fingerprint density at radius 2 is 1.67 bits per heavy atom. The molecule has 0 saturated heterocycles. The molecule has 0 aliphatic carbocycles. The van der Waals surface area contributed by atoms with E-state index in [1.54, 1.807) is 25.1 Å². The number of nitrogens with zero attached hydrogens (tertiary/aromatic N) is 2. The van der Waals surface area contributed by atoms with E-state index in [4.69, 9.17) is 4.74 Å². The first-order chi connectivity index (χ1) is 22.8. The van der Waals surface area contributed by atoms with Crippen LogP contribution < -0.4 is 20.7 Å². The number of aliphatic hydroxyl groups excluding tert-OH is 1. The molecule has 13 heteroatoms. The van der Waals surface area contributed by atoms with Crippen molar-refractivity contribution >= 4 is 45.8 Å². The topological polar surface area (TPSA) is 123 Å². The molecular weight excluding hydrogens is 627 g/mol. The largest absolute Gasteiger partial charge is 0.487 e. The van der Waals surface area contributed by atoms with Gasteiger partial charge in [-0.3, -0.25) is 4.79 Å². The average Bonchev–Trinajstić information content (AvgIpc) is 3.06. The standard InChI is InChI=1S/C35H36F3N5O5/c1-21-18-43(22(2)20-44)32(45)28-17-26(39-33(46)41-29-10-6-8-23-7-4-5-9-27(23)29)15-16-30(28)48-31(21)19-42(3)34(47)40-25-13-11-24(12-14-25)35(36,37)38/h4-17,21-22,31,44H,18-20H2,1-3H3,(H,40,47)(H2,39,41,46)/t21-,22+,31-/m0/s1. The van der Waals surface area contributed by atoms with Crippen molar-refractivity contribution in [2.45, 2.75) is 32.2 Å². The van der Waals surface area contributed by atoms with E-state index in [1.807, 2.05) is 43.3 Å². The number of hydrogen-bond donors (Lipinski definition) is 4. The molecule has 252 valence electrons. The molecule has 1 aliphatic heterocycles. The summed E-state index contributed by atoms with van der Waals surface area (Å²) in [6, 6.07) is 20.4. The molecule has 10 nitrogen and oxygen atoms in total. The van der Waals surface area contributed by atoms with Crippen LogP contribution in [0.5, 0.6) is 5.75 Å². The number of aliphatic hydroxyl groups is 1. The fourth-order valence-electron chi connectivity index (χ4n) is 5.45. The summed E-state index contributed by atoms with van der Waals surface area (Å²) in [5.74, 6) is -0.478. The number of benzene rings is 4. The van der Waals surface area contributed by atoms with Crippen LogP contribution in [0.15, 0.2) is 84.9 Å². The number of urea groups is 2. The minimum atomic E-state index is -4.50. The van der Waals surface area contributed by atoms with Crippen molar-refractivity contribution in [3.05, 3.63) is 96.1 Å². The van der Waals surface area contributed by atoms with Crippen LogP contribution in [-0.2, 0) is 6.18 Å². The zero-order valence-electron chi connectivity index (χ0n) is 26.5. The van der Waals surface area contributed by atoms with E-state index in [0.29, 0.717) is 11.4 Å². The van der Waals surface area contributed by atoms with Crippen molar-refractivity contribution in [1.29, 1.82) is 0 Å². The van der Waals surface area contributed by atoms with E-state index in [9.17, 15) is 32.7 Å². The second-order valence-electron chi connectivity index (χ2n) is 11.8. The van der Waals surface area contributed by atoms with Gasteiger partial charge in [0.15, 0.2) is 0 Å². The van der Waals surface area contributed by atoms with Crippen molar-refractivity contribution in [2.75, 3.05) is 42.7 Å². The number of halogens is 3. The van der Waals surface area contributed by atoms with Crippen LogP contribution >= 0.6 is 0 Å². The number of nitrogens with one attached hydrogen (secondary N) is 3. The Balaban J connectivity index is 1.34. The summed E-state index contributed by atoms with van der Waals surface area (Å²) in [4.78, 5) is 42.7. The highest BCUT2D eigenvalue weighted by Gasteiger charge is 2.34. The second-order valence-corrected chi connectivity index (χ2v) is 11.8. The maximum absolute atomic E-state index is 13.8. The number of anilines is 3. The lowest BCUT2D eigenvalue weighted by Gasteiger charge is -2.38. The summed E-state index contributed by atoms with van der Waals surface area (Å²) in [5.41, 5.74) is 0.465. The third-order valence-corrected chi connectivity index (χ3v) is 8.22. The molecule has 4 aromatic rings. The number of likely N-dealkylation sites (N-methyl/N-ethyl adjacent to an activating group) is 1. The number of amides is 5. The molecule has 4 N–H and O–H groups in total. The van der Waals surface area contributed by atoms with Gasteiger partial charge in [0.05, 0.1) is 36.0 Å². The molecule has 0 spiro atoms. The molecular formula is C35H36F3N5O5. The maximum atomic E-state index is 13.8. The lowest BCUT2D eigenvalue weighted by atomic mass is 9.99. The number of ether oxygens (including phenoxy) is 1. The van der Waals surface area contributed by atoms with Crippen molar-refractivity contribution < 1.29 is 37.4 Å². The molecule has 1 aliphatic rings. The predicted octanol–water partition coefficient (Wildman–Crippen LogP) is 6.89. The van der Waals surface area contributed by atoms with E-state index in [-0.39, 0.29) is 42.6 Å². The number of carbonyl (C=O) groups is 3. The van der Waals surface area contributed by atoms with Crippen molar-refractivity contribution in [3.8, 4) is 5.75 Å². The Kier molecular flexibility index (Phi) is 10.1. The molecule has 5 amide bonds. The number of alkyl halides is 3. The van der Waals surface area contributed by atoms with E-state index < -0.39 is 41.9 Å². The summed E-state index contributed by atoms with van der Waals surface area (Å²) >= 11 is 0. The molecule has 0 saturated carbocycles. The maximum Gasteiger partial charge on any atom is 0.416 e. The SMILES string of the molecule is C[C@H](CO)N1C[C@H](C)[C@H](CN(C)C(=O)Nc2ccc(C(F)(F)F)cc2)Oc2ccc(NC(=O)Nc3cccc4ccccc34)cc2C1=O. The van der Waals surface area contributed by atoms with Gasteiger partial charge in [-0.25, -0.2) is 9.59 Å². The van der Waals surface area contributed by atoms with Gasteiger partial charge in [-0.1, -0.05) is 43.3 Å². The molecule has 5 rings (SSSR count). The number of carbonyl (C=O) groups excluding carboxylic acids is 3. The Morgan fingerprint density at radius 1 is 0.979 bits per heavy atom. The molecule has 0 bridgehead atoms. The number of rotatable bonds is 7. The van der Waals surface area contributed by atoms with E-state index in [0.717, 1.165) is 22.9 Å². The summed E-state index contributed by atoms with van der Waals surface area (Å²) in [7, 11) is 1.52. The number of fused-ring (bicyclic) bond motifs is 2. The highest BCUT2D eigenvalue weighted by molar-refractivity contribution is 6.07. The fraction of sp³-hybridized carbons (Fsp3) is 0.286. The Morgan fingerprint density at radius 3 is 2.38 bits per heavy atom. The van der Waals surface area contributed by atoms with E-state index in [2.05, 4.69) is 16.0 Å². The molecule has 1 heterocycles. The van der Waals surface area contributed by atoms with Crippen LogP contribution in [0.25, 0.3) is 10.8 Å². The monoisotopic (exact) mass is 663 g/mol. The van der Waals surface area contributed by atoms with Crippen LogP contribution in [-0.4, -0.2) is 71.8 Å². The molecule has 48 heavy (non-hydrogen) atoms. The van der Waals surface area contributed by atoms with Gasteiger partial charge in [0.1, 0.15) is 11.9 Å². The third kappa shape index (κ3) is 7.80. The summed E-state index contributed by atoms with van der Waals surface area (Å²) in [6.07, 6.45) is -5.12. The van der Waals surface area contributed by atoms with Crippen LogP contribution in [0, 0.1) is 5.92 Å². The zero-order valence-corrected chi connectivity index (χ0v) is 26.5.